The predicted molar refractivity (Wildman–Crippen MR) is 114 cm³/mol. The Morgan fingerprint density at radius 2 is 2.00 bits per heavy atom. The zero-order valence-electron chi connectivity index (χ0n) is 17.9. The molecule has 1 fully saturated rings. The van der Waals surface area contributed by atoms with E-state index in [0.29, 0.717) is 18.4 Å². The second-order valence-corrected chi connectivity index (χ2v) is 8.34. The third-order valence-corrected chi connectivity index (χ3v) is 5.68. The third kappa shape index (κ3) is 5.89. The van der Waals surface area contributed by atoms with E-state index in [1.165, 1.54) is 12.8 Å². The van der Waals surface area contributed by atoms with Crippen LogP contribution in [0, 0.1) is 5.92 Å². The number of Topliss-reactive ketones (excluding diaryl/α,β-unsaturated/α-hetero) is 1. The molecule has 2 aromatic rings. The van der Waals surface area contributed by atoms with E-state index < -0.39 is 0 Å². The number of esters is 1. The van der Waals surface area contributed by atoms with Gasteiger partial charge in [0.05, 0.1) is 17.1 Å². The van der Waals surface area contributed by atoms with Gasteiger partial charge in [-0.2, -0.15) is 0 Å². The van der Waals surface area contributed by atoms with Crippen LogP contribution in [0.1, 0.15) is 68.6 Å². The molecule has 0 unspecified atom stereocenters. The van der Waals surface area contributed by atoms with Crippen molar-refractivity contribution >= 4 is 22.8 Å². The average molecular weight is 400 g/mol. The average Bonchev–Trinajstić information content (AvgIpc) is 3.01. The molecule has 6 heteroatoms. The van der Waals surface area contributed by atoms with Crippen LogP contribution in [0.2, 0.25) is 0 Å². The lowest BCUT2D eigenvalue weighted by Crippen LogP contribution is -2.28. The summed E-state index contributed by atoms with van der Waals surface area (Å²) in [6.45, 7) is 5.89. The number of fused-ring (bicyclic) bond motifs is 1. The number of hydrogen-bond acceptors (Lipinski definition) is 5. The lowest BCUT2D eigenvalue weighted by atomic mass is 9.93. The van der Waals surface area contributed by atoms with E-state index >= 15 is 0 Å². The summed E-state index contributed by atoms with van der Waals surface area (Å²) in [7, 11) is 2.05. The Labute approximate surface area is 173 Å². The predicted octanol–water partition coefficient (Wildman–Crippen LogP) is 3.81. The monoisotopic (exact) mass is 399 g/mol. The molecule has 6 nitrogen and oxygen atoms in total. The van der Waals surface area contributed by atoms with Crippen LogP contribution in [-0.4, -0.2) is 40.5 Å². The Balaban J connectivity index is 1.58. The van der Waals surface area contributed by atoms with Gasteiger partial charge in [0.1, 0.15) is 5.82 Å². The van der Waals surface area contributed by atoms with E-state index in [4.69, 9.17) is 9.72 Å². The maximum atomic E-state index is 12.5. The fourth-order valence-corrected chi connectivity index (χ4v) is 4.01. The maximum absolute atomic E-state index is 12.5. The quantitative estimate of drug-likeness (QED) is 0.513. The molecule has 1 aliphatic rings. The molecule has 0 radical (unpaired) electrons. The van der Waals surface area contributed by atoms with Crippen LogP contribution in [0.4, 0.5) is 0 Å². The normalized spacial score (nSPS) is 15.2. The van der Waals surface area contributed by atoms with Crippen LogP contribution in [0.3, 0.4) is 0 Å². The number of piperidine rings is 1. The number of nitrogens with one attached hydrogen (secondary N) is 1. The van der Waals surface area contributed by atoms with Gasteiger partial charge in [0.15, 0.2) is 5.78 Å². The molecular weight excluding hydrogens is 366 g/mol. The molecule has 2 heterocycles. The van der Waals surface area contributed by atoms with Crippen molar-refractivity contribution in [1.29, 1.82) is 0 Å². The summed E-state index contributed by atoms with van der Waals surface area (Å²) in [6, 6.07) is 5.74. The number of rotatable bonds is 9. The number of carbonyl (C=O) groups excluding carboxylic acids is 2. The summed E-state index contributed by atoms with van der Waals surface area (Å²) in [4.78, 5) is 28.9. The summed E-state index contributed by atoms with van der Waals surface area (Å²) in [6.07, 6.45) is 5.62. The lowest BCUT2D eigenvalue weighted by Gasteiger charge is -2.22. The second-order valence-electron chi connectivity index (χ2n) is 8.34. The first-order valence-corrected chi connectivity index (χ1v) is 10.8. The molecule has 1 saturated heterocycles. The van der Waals surface area contributed by atoms with Gasteiger partial charge in [-0.05, 0) is 76.7 Å². The topological polar surface area (TPSA) is 73.2 Å². The van der Waals surface area contributed by atoms with Crippen molar-refractivity contribution in [2.75, 3.05) is 13.1 Å². The van der Waals surface area contributed by atoms with Gasteiger partial charge in [-0.1, -0.05) is 0 Å². The minimum atomic E-state index is -0.244. The van der Waals surface area contributed by atoms with Crippen molar-refractivity contribution in [2.24, 2.45) is 13.0 Å². The second kappa shape index (κ2) is 10.0. The molecule has 0 amide bonds. The van der Waals surface area contributed by atoms with Crippen molar-refractivity contribution in [3.05, 3.63) is 29.6 Å². The van der Waals surface area contributed by atoms with Crippen LogP contribution < -0.4 is 5.32 Å². The molecule has 1 N–H and O–H groups in total. The van der Waals surface area contributed by atoms with Crippen molar-refractivity contribution in [3.8, 4) is 0 Å². The minimum absolute atomic E-state index is 0.0474. The first-order chi connectivity index (χ1) is 13.9. The number of ketones is 1. The van der Waals surface area contributed by atoms with Crippen LogP contribution >= 0.6 is 0 Å². The zero-order chi connectivity index (χ0) is 20.8. The van der Waals surface area contributed by atoms with Gasteiger partial charge < -0.3 is 14.6 Å². The van der Waals surface area contributed by atoms with E-state index in [-0.39, 0.29) is 24.3 Å². The van der Waals surface area contributed by atoms with Crippen molar-refractivity contribution < 1.29 is 14.3 Å². The Kier molecular flexibility index (Phi) is 7.42. The van der Waals surface area contributed by atoms with Crippen molar-refractivity contribution in [1.82, 2.24) is 14.9 Å². The number of ether oxygens (including phenoxy) is 1. The highest BCUT2D eigenvalue weighted by Gasteiger charge is 2.16. The summed E-state index contributed by atoms with van der Waals surface area (Å²) in [5.74, 6) is 1.66. The van der Waals surface area contributed by atoms with Gasteiger partial charge in [0, 0.05) is 31.9 Å². The van der Waals surface area contributed by atoms with Crippen LogP contribution in [-0.2, 0) is 23.0 Å². The summed E-state index contributed by atoms with van der Waals surface area (Å²) in [5.41, 5.74) is 2.60. The van der Waals surface area contributed by atoms with E-state index in [1.807, 2.05) is 32.0 Å². The van der Waals surface area contributed by atoms with E-state index in [0.717, 1.165) is 48.7 Å². The largest absolute Gasteiger partial charge is 0.463 e. The lowest BCUT2D eigenvalue weighted by molar-refractivity contribution is -0.147. The molecule has 0 saturated carbocycles. The zero-order valence-corrected chi connectivity index (χ0v) is 17.9. The molecule has 3 rings (SSSR count). The number of imidazole rings is 1. The first-order valence-electron chi connectivity index (χ1n) is 10.8. The van der Waals surface area contributed by atoms with Crippen LogP contribution in [0.25, 0.3) is 11.0 Å². The van der Waals surface area contributed by atoms with Gasteiger partial charge in [0.2, 0.25) is 0 Å². The molecule has 0 spiro atoms. The Morgan fingerprint density at radius 3 is 2.72 bits per heavy atom. The highest BCUT2D eigenvalue weighted by molar-refractivity contribution is 5.99. The molecule has 1 aromatic carbocycles. The number of aryl methyl sites for hydroxylation is 2. The molecule has 1 aliphatic heterocycles. The van der Waals surface area contributed by atoms with Gasteiger partial charge >= 0.3 is 5.97 Å². The number of carbonyl (C=O) groups is 2. The Hall–Kier alpha value is -2.21. The first kappa shape index (κ1) is 21.5. The van der Waals surface area contributed by atoms with Gasteiger partial charge in [-0.15, -0.1) is 0 Å². The van der Waals surface area contributed by atoms with Gasteiger partial charge in [-0.3, -0.25) is 9.59 Å². The minimum Gasteiger partial charge on any atom is -0.463 e. The smallest absolute Gasteiger partial charge is 0.306 e. The molecule has 1 aromatic heterocycles. The van der Waals surface area contributed by atoms with E-state index in [9.17, 15) is 9.59 Å². The summed E-state index contributed by atoms with van der Waals surface area (Å²) in [5, 5.41) is 3.41. The van der Waals surface area contributed by atoms with Crippen molar-refractivity contribution in [2.45, 2.75) is 64.9 Å². The highest BCUT2D eigenvalue weighted by Crippen LogP contribution is 2.22. The molecule has 0 bridgehead atoms. The van der Waals surface area contributed by atoms with Crippen LogP contribution in [0.5, 0.6) is 0 Å². The number of hydrogen-bond donors (Lipinski definition) is 1. The van der Waals surface area contributed by atoms with Crippen molar-refractivity contribution in [3.63, 3.8) is 0 Å². The highest BCUT2D eigenvalue weighted by atomic mass is 16.5. The third-order valence-electron chi connectivity index (χ3n) is 5.68. The summed E-state index contributed by atoms with van der Waals surface area (Å²) < 4.78 is 7.26. The summed E-state index contributed by atoms with van der Waals surface area (Å²) >= 11 is 0. The molecule has 29 heavy (non-hydrogen) atoms. The molecule has 158 valence electrons. The standard InChI is InChI=1S/C23H33N3O3/c1-16(2)29-23(28)6-4-5-21(27)18-8-9-20-19(15-18)25-22(26(20)3)10-7-17-11-13-24-14-12-17/h8-9,15-17,24H,4-7,10-14H2,1-3H3. The fraction of sp³-hybridized carbons (Fsp3) is 0.609. The Morgan fingerprint density at radius 1 is 1.24 bits per heavy atom. The number of nitrogens with zero attached hydrogens (tertiary/aromatic N) is 2. The Bertz CT molecular complexity index is 850. The molecule has 0 atom stereocenters. The number of benzene rings is 1. The molecule has 0 aliphatic carbocycles. The fourth-order valence-electron chi connectivity index (χ4n) is 4.01. The maximum Gasteiger partial charge on any atom is 0.306 e. The van der Waals surface area contributed by atoms with E-state index in [1.54, 1.807) is 0 Å². The van der Waals surface area contributed by atoms with E-state index in [2.05, 4.69) is 16.9 Å². The SMILES string of the molecule is CC(C)OC(=O)CCCC(=O)c1ccc2c(c1)nc(CCC1CCNCC1)n2C. The van der Waals surface area contributed by atoms with Gasteiger partial charge in [0.25, 0.3) is 0 Å². The van der Waals surface area contributed by atoms with Gasteiger partial charge in [-0.25, -0.2) is 4.98 Å². The van der Waals surface area contributed by atoms with Crippen LogP contribution in [0.15, 0.2) is 18.2 Å². The number of aromatic nitrogens is 2. The molecular formula is C23H33N3O3.